The van der Waals surface area contributed by atoms with E-state index in [1.807, 2.05) is 19.0 Å². The summed E-state index contributed by atoms with van der Waals surface area (Å²) < 4.78 is 39.4. The Morgan fingerprint density at radius 3 is 2.50 bits per heavy atom. The van der Waals surface area contributed by atoms with Gasteiger partial charge in [0.2, 0.25) is 5.95 Å². The zero-order valence-corrected chi connectivity index (χ0v) is 15.7. The largest absolute Gasteiger partial charge is 0.433 e. The topological polar surface area (TPSA) is 53.1 Å². The molecule has 0 aliphatic heterocycles. The number of anilines is 3. The Bertz CT molecular complexity index is 753. The molecule has 10 heteroatoms. The Kier molecular flexibility index (Phi) is 6.91. The maximum Gasteiger partial charge on any atom is 0.433 e. The van der Waals surface area contributed by atoms with Crippen LogP contribution in [0.3, 0.4) is 0 Å². The summed E-state index contributed by atoms with van der Waals surface area (Å²) in [6.07, 6.45) is -3.87. The number of nitrogens with one attached hydrogen (secondary N) is 2. The highest BCUT2D eigenvalue weighted by molar-refractivity contribution is 6.35. The molecule has 0 radical (unpaired) electrons. The molecule has 2 N–H and O–H groups in total. The molecular weight excluding hydrogens is 390 g/mol. The number of hydrogen-bond donors (Lipinski definition) is 2. The van der Waals surface area contributed by atoms with E-state index < -0.39 is 11.9 Å². The molecule has 0 atom stereocenters. The molecule has 2 rings (SSSR count). The van der Waals surface area contributed by atoms with Gasteiger partial charge in [-0.3, -0.25) is 0 Å². The van der Waals surface area contributed by atoms with E-state index in [-0.39, 0.29) is 11.8 Å². The first kappa shape index (κ1) is 20.5. The van der Waals surface area contributed by atoms with Gasteiger partial charge in [-0.25, -0.2) is 4.98 Å². The molecule has 0 aliphatic rings. The van der Waals surface area contributed by atoms with Crippen LogP contribution in [0, 0.1) is 0 Å². The number of hydrogen-bond acceptors (Lipinski definition) is 5. The molecular formula is C16H18Cl2F3N5. The minimum Gasteiger partial charge on any atom is -0.354 e. The van der Waals surface area contributed by atoms with E-state index in [2.05, 4.69) is 20.6 Å². The number of rotatable bonds is 7. The molecule has 0 unspecified atom stereocenters. The van der Waals surface area contributed by atoms with Gasteiger partial charge >= 0.3 is 6.18 Å². The summed E-state index contributed by atoms with van der Waals surface area (Å²) >= 11 is 11.9. The molecule has 5 nitrogen and oxygen atoms in total. The molecule has 0 amide bonds. The molecule has 2 aromatic rings. The van der Waals surface area contributed by atoms with E-state index in [0.717, 1.165) is 19.0 Å². The quantitative estimate of drug-likeness (QED) is 0.638. The molecule has 1 aromatic carbocycles. The van der Waals surface area contributed by atoms with Gasteiger partial charge in [-0.2, -0.15) is 18.2 Å². The summed E-state index contributed by atoms with van der Waals surface area (Å²) in [5, 5.41) is 6.28. The van der Waals surface area contributed by atoms with Crippen LogP contribution in [0.2, 0.25) is 10.0 Å². The van der Waals surface area contributed by atoms with Gasteiger partial charge < -0.3 is 15.5 Å². The highest BCUT2D eigenvalue weighted by Crippen LogP contribution is 2.32. The van der Waals surface area contributed by atoms with E-state index in [1.54, 1.807) is 12.1 Å². The second kappa shape index (κ2) is 8.75. The van der Waals surface area contributed by atoms with Gasteiger partial charge in [-0.1, -0.05) is 23.2 Å². The van der Waals surface area contributed by atoms with Crippen LogP contribution in [0.1, 0.15) is 12.1 Å². The normalized spacial score (nSPS) is 11.7. The zero-order chi connectivity index (χ0) is 19.3. The van der Waals surface area contributed by atoms with Crippen molar-refractivity contribution < 1.29 is 13.2 Å². The first-order valence-corrected chi connectivity index (χ1v) is 8.47. The maximum absolute atomic E-state index is 13.1. The lowest BCUT2D eigenvalue weighted by atomic mass is 10.3. The Hall–Kier alpha value is -1.77. The SMILES string of the molecule is CN(C)CCCNc1nc(Nc2cc(Cl)ccc2Cl)cc(C(F)(F)F)n1. The van der Waals surface area contributed by atoms with Crippen LogP contribution in [-0.4, -0.2) is 42.1 Å². The van der Waals surface area contributed by atoms with Gasteiger partial charge in [0.15, 0.2) is 5.69 Å². The van der Waals surface area contributed by atoms with Crippen molar-refractivity contribution in [2.75, 3.05) is 37.8 Å². The van der Waals surface area contributed by atoms with E-state index in [1.165, 1.54) is 6.07 Å². The molecule has 0 aliphatic carbocycles. The minimum absolute atomic E-state index is 0.0356. The number of alkyl halides is 3. The molecule has 0 fully saturated rings. The lowest BCUT2D eigenvalue weighted by Gasteiger charge is -2.14. The van der Waals surface area contributed by atoms with Crippen LogP contribution < -0.4 is 10.6 Å². The molecule has 1 aromatic heterocycles. The summed E-state index contributed by atoms with van der Waals surface area (Å²) in [6.45, 7) is 1.23. The third-order valence-electron chi connectivity index (χ3n) is 3.27. The molecule has 0 saturated heterocycles. The Morgan fingerprint density at radius 1 is 1.12 bits per heavy atom. The van der Waals surface area contributed by atoms with Gasteiger partial charge in [0.25, 0.3) is 0 Å². The van der Waals surface area contributed by atoms with Crippen molar-refractivity contribution in [1.29, 1.82) is 0 Å². The second-order valence-electron chi connectivity index (χ2n) is 5.79. The Balaban J connectivity index is 2.24. The van der Waals surface area contributed by atoms with E-state index in [9.17, 15) is 13.2 Å². The van der Waals surface area contributed by atoms with Crippen LogP contribution in [0.15, 0.2) is 24.3 Å². The van der Waals surface area contributed by atoms with Crippen LogP contribution in [0.5, 0.6) is 0 Å². The average molecular weight is 408 g/mol. The average Bonchev–Trinajstić information content (AvgIpc) is 2.54. The van der Waals surface area contributed by atoms with Crippen molar-refractivity contribution in [3.8, 4) is 0 Å². The highest BCUT2D eigenvalue weighted by Gasteiger charge is 2.33. The van der Waals surface area contributed by atoms with E-state index in [4.69, 9.17) is 23.2 Å². The van der Waals surface area contributed by atoms with Crippen molar-refractivity contribution in [1.82, 2.24) is 14.9 Å². The van der Waals surface area contributed by atoms with Gasteiger partial charge in [0.1, 0.15) is 5.82 Å². The van der Waals surface area contributed by atoms with Gasteiger partial charge in [-0.05, 0) is 45.3 Å². The molecule has 0 spiro atoms. The van der Waals surface area contributed by atoms with E-state index in [0.29, 0.717) is 22.3 Å². The smallest absolute Gasteiger partial charge is 0.354 e. The summed E-state index contributed by atoms with van der Waals surface area (Å²) in [7, 11) is 3.83. The van der Waals surface area contributed by atoms with E-state index >= 15 is 0 Å². The minimum atomic E-state index is -4.60. The first-order valence-electron chi connectivity index (χ1n) is 7.72. The zero-order valence-electron chi connectivity index (χ0n) is 14.2. The number of aromatic nitrogens is 2. The molecule has 1 heterocycles. The Labute approximate surface area is 159 Å². The lowest BCUT2D eigenvalue weighted by molar-refractivity contribution is -0.141. The van der Waals surface area contributed by atoms with Gasteiger partial charge in [0.05, 0.1) is 10.7 Å². The monoisotopic (exact) mass is 407 g/mol. The first-order chi connectivity index (χ1) is 12.1. The predicted molar refractivity (Wildman–Crippen MR) is 98.4 cm³/mol. The standard InChI is InChI=1S/C16H18Cl2F3N5/c1-26(2)7-3-6-22-15-24-13(16(19,20)21)9-14(25-15)23-12-8-10(17)4-5-11(12)18/h4-5,8-9H,3,6-7H2,1-2H3,(H2,22,23,24,25). The molecule has 142 valence electrons. The van der Waals surface area contributed by atoms with Crippen LogP contribution >= 0.6 is 23.2 Å². The predicted octanol–water partition coefficient (Wildman–Crippen LogP) is 4.91. The van der Waals surface area contributed by atoms with Crippen molar-refractivity contribution in [3.63, 3.8) is 0 Å². The number of benzene rings is 1. The van der Waals surface area contributed by atoms with Gasteiger partial charge in [-0.15, -0.1) is 0 Å². The van der Waals surface area contributed by atoms with Crippen LogP contribution in [-0.2, 0) is 6.18 Å². The fraction of sp³-hybridized carbons (Fsp3) is 0.375. The summed E-state index contributed by atoms with van der Waals surface area (Å²) in [5.41, 5.74) is -0.701. The van der Waals surface area contributed by atoms with Crippen molar-refractivity contribution >= 4 is 40.7 Å². The van der Waals surface area contributed by atoms with Gasteiger partial charge in [0, 0.05) is 17.6 Å². The fourth-order valence-electron chi connectivity index (χ4n) is 2.06. The van der Waals surface area contributed by atoms with Crippen LogP contribution in [0.4, 0.5) is 30.6 Å². The molecule has 0 saturated carbocycles. The number of nitrogens with zero attached hydrogens (tertiary/aromatic N) is 3. The summed E-state index contributed by atoms with van der Waals surface area (Å²) in [4.78, 5) is 9.60. The molecule has 26 heavy (non-hydrogen) atoms. The third-order valence-corrected chi connectivity index (χ3v) is 3.84. The molecule has 0 bridgehead atoms. The lowest BCUT2D eigenvalue weighted by Crippen LogP contribution is -2.18. The third kappa shape index (κ3) is 6.19. The summed E-state index contributed by atoms with van der Waals surface area (Å²) in [6, 6.07) is 5.44. The maximum atomic E-state index is 13.1. The highest BCUT2D eigenvalue weighted by atomic mass is 35.5. The van der Waals surface area contributed by atoms with Crippen molar-refractivity contribution in [2.45, 2.75) is 12.6 Å². The summed E-state index contributed by atoms with van der Waals surface area (Å²) in [5.74, 6) is -0.147. The van der Waals surface area contributed by atoms with Crippen LogP contribution in [0.25, 0.3) is 0 Å². The van der Waals surface area contributed by atoms with Crippen molar-refractivity contribution in [2.24, 2.45) is 0 Å². The second-order valence-corrected chi connectivity index (χ2v) is 6.64. The van der Waals surface area contributed by atoms with Crippen molar-refractivity contribution in [3.05, 3.63) is 40.0 Å². The Morgan fingerprint density at radius 2 is 1.85 bits per heavy atom. The number of halogens is 5. The fourth-order valence-corrected chi connectivity index (χ4v) is 2.40.